The van der Waals surface area contributed by atoms with Crippen molar-refractivity contribution < 1.29 is 19.1 Å². The van der Waals surface area contributed by atoms with Crippen LogP contribution in [0.15, 0.2) is 12.3 Å². The zero-order chi connectivity index (χ0) is 16.3. The number of rotatable bonds is 4. The Morgan fingerprint density at radius 3 is 2.32 bits per heavy atom. The van der Waals surface area contributed by atoms with Crippen molar-refractivity contribution in [2.75, 3.05) is 13.2 Å². The second-order valence-electron chi connectivity index (χ2n) is 4.79. The van der Waals surface area contributed by atoms with E-state index in [1.807, 2.05) is 0 Å². The average Bonchev–Trinajstić information content (AvgIpc) is 2.47. The van der Waals surface area contributed by atoms with Gasteiger partial charge in [-0.15, -0.1) is 5.10 Å². The number of benzene rings is 1. The number of esters is 2. The number of nitrogens with zero attached hydrogens (tertiary/aromatic N) is 2. The molecule has 2 aromatic rings. The number of hydrogen-bond acceptors (Lipinski definition) is 6. The van der Waals surface area contributed by atoms with Crippen molar-refractivity contribution >= 4 is 22.7 Å². The van der Waals surface area contributed by atoms with Crippen molar-refractivity contribution in [3.63, 3.8) is 0 Å². The van der Waals surface area contributed by atoms with E-state index in [2.05, 4.69) is 10.2 Å². The van der Waals surface area contributed by atoms with E-state index in [0.29, 0.717) is 28.5 Å². The molecule has 0 atom stereocenters. The molecule has 1 heterocycles. The highest BCUT2D eigenvalue weighted by molar-refractivity contribution is 6.06. The smallest absolute Gasteiger partial charge is 0.359 e. The molecule has 0 aliphatic rings. The molecule has 0 spiro atoms. The number of carbonyl (C=O) groups is 2. The summed E-state index contributed by atoms with van der Waals surface area (Å²) in [5, 5.41) is 9.04. The van der Waals surface area contributed by atoms with Crippen LogP contribution < -0.4 is 0 Å². The van der Waals surface area contributed by atoms with Gasteiger partial charge in [-0.25, -0.2) is 9.59 Å². The van der Waals surface area contributed by atoms with Crippen LogP contribution in [-0.4, -0.2) is 35.3 Å². The van der Waals surface area contributed by atoms with E-state index in [1.54, 1.807) is 33.8 Å². The molecule has 0 N–H and O–H groups in total. The molecule has 2 rings (SSSR count). The maximum atomic E-state index is 12.1. The summed E-state index contributed by atoms with van der Waals surface area (Å²) in [5.41, 5.74) is 2.09. The van der Waals surface area contributed by atoms with Crippen LogP contribution in [0.25, 0.3) is 10.8 Å². The summed E-state index contributed by atoms with van der Waals surface area (Å²) in [6, 6.07) is 1.75. The average molecular weight is 302 g/mol. The predicted octanol–water partition coefficient (Wildman–Crippen LogP) is 2.60. The third-order valence-corrected chi connectivity index (χ3v) is 3.37. The molecule has 0 bridgehead atoms. The van der Waals surface area contributed by atoms with Crippen LogP contribution in [0.1, 0.15) is 45.8 Å². The number of aromatic nitrogens is 2. The summed E-state index contributed by atoms with van der Waals surface area (Å²) in [7, 11) is 0. The second-order valence-corrected chi connectivity index (χ2v) is 4.79. The van der Waals surface area contributed by atoms with Crippen molar-refractivity contribution in [1.82, 2.24) is 10.2 Å². The first-order chi connectivity index (χ1) is 10.5. The molecule has 116 valence electrons. The summed E-state index contributed by atoms with van der Waals surface area (Å²) in [4.78, 5) is 24.1. The molecule has 1 aromatic heterocycles. The van der Waals surface area contributed by atoms with E-state index in [1.165, 1.54) is 6.20 Å². The van der Waals surface area contributed by atoms with Gasteiger partial charge in [0.15, 0.2) is 5.69 Å². The molecular formula is C16H18N2O4. The highest BCUT2D eigenvalue weighted by atomic mass is 16.5. The molecule has 22 heavy (non-hydrogen) atoms. The van der Waals surface area contributed by atoms with Gasteiger partial charge in [-0.1, -0.05) is 0 Å². The topological polar surface area (TPSA) is 78.4 Å². The van der Waals surface area contributed by atoms with Crippen molar-refractivity contribution in [3.8, 4) is 0 Å². The molecule has 0 fully saturated rings. The van der Waals surface area contributed by atoms with Gasteiger partial charge < -0.3 is 9.47 Å². The van der Waals surface area contributed by atoms with Gasteiger partial charge in [0.2, 0.25) is 0 Å². The van der Waals surface area contributed by atoms with E-state index < -0.39 is 5.97 Å². The highest BCUT2D eigenvalue weighted by Gasteiger charge is 2.20. The fourth-order valence-corrected chi connectivity index (χ4v) is 2.43. The largest absolute Gasteiger partial charge is 0.462 e. The Kier molecular flexibility index (Phi) is 4.70. The Labute approximate surface area is 128 Å². The monoisotopic (exact) mass is 302 g/mol. The molecule has 6 heteroatoms. The van der Waals surface area contributed by atoms with E-state index in [9.17, 15) is 9.59 Å². The Hall–Kier alpha value is -2.50. The fraction of sp³-hybridized carbons (Fsp3) is 0.375. The van der Waals surface area contributed by atoms with Crippen molar-refractivity contribution in [2.24, 2.45) is 0 Å². The van der Waals surface area contributed by atoms with Gasteiger partial charge in [0.25, 0.3) is 0 Å². The van der Waals surface area contributed by atoms with Crippen molar-refractivity contribution in [2.45, 2.75) is 27.7 Å². The van der Waals surface area contributed by atoms with Gasteiger partial charge in [0.1, 0.15) is 0 Å². The quantitative estimate of drug-likeness (QED) is 0.808. The molecule has 0 saturated heterocycles. The summed E-state index contributed by atoms with van der Waals surface area (Å²) in [5.74, 6) is -0.905. The normalized spacial score (nSPS) is 10.5. The molecular weight excluding hydrogens is 284 g/mol. The van der Waals surface area contributed by atoms with Crippen LogP contribution in [0.3, 0.4) is 0 Å². The minimum absolute atomic E-state index is 0.154. The predicted molar refractivity (Wildman–Crippen MR) is 80.9 cm³/mol. The minimum atomic E-state index is -0.525. The first-order valence-electron chi connectivity index (χ1n) is 7.11. The number of hydrogen-bond donors (Lipinski definition) is 0. The van der Waals surface area contributed by atoms with Gasteiger partial charge in [-0.2, -0.15) is 5.10 Å². The molecule has 0 saturated carbocycles. The lowest BCUT2D eigenvalue weighted by atomic mass is 9.96. The molecule has 0 radical (unpaired) electrons. The summed E-state index contributed by atoms with van der Waals surface area (Å²) in [6.07, 6.45) is 1.54. The van der Waals surface area contributed by atoms with E-state index in [-0.39, 0.29) is 18.3 Å². The van der Waals surface area contributed by atoms with Crippen LogP contribution in [0.5, 0.6) is 0 Å². The second kappa shape index (κ2) is 6.51. The third-order valence-electron chi connectivity index (χ3n) is 3.37. The van der Waals surface area contributed by atoms with Crippen LogP contribution in [-0.2, 0) is 9.47 Å². The maximum absolute atomic E-state index is 12.1. The Bertz CT molecular complexity index is 740. The number of aryl methyl sites for hydroxylation is 2. The number of ether oxygens (including phenoxy) is 2. The fourth-order valence-electron chi connectivity index (χ4n) is 2.43. The lowest BCUT2D eigenvalue weighted by molar-refractivity contribution is 0.0514. The first-order valence-corrected chi connectivity index (χ1v) is 7.11. The van der Waals surface area contributed by atoms with E-state index in [0.717, 1.165) is 5.56 Å². The molecule has 0 aliphatic heterocycles. The molecule has 1 aromatic carbocycles. The Morgan fingerprint density at radius 2 is 1.68 bits per heavy atom. The van der Waals surface area contributed by atoms with Gasteiger partial charge >= 0.3 is 11.9 Å². The van der Waals surface area contributed by atoms with Gasteiger partial charge in [0, 0.05) is 10.8 Å². The zero-order valence-corrected chi connectivity index (χ0v) is 13.1. The Morgan fingerprint density at radius 1 is 1.05 bits per heavy atom. The van der Waals surface area contributed by atoms with Crippen LogP contribution in [0.4, 0.5) is 0 Å². The summed E-state index contributed by atoms with van der Waals surface area (Å²) < 4.78 is 10.1. The lowest BCUT2D eigenvalue weighted by Crippen LogP contribution is -2.12. The standard InChI is InChI=1S/C16H18N2O4/c1-5-21-15(19)13-9(3)7-11-12(10(13)4)8-17-18-14(11)16(20)22-6-2/h7-8H,5-6H2,1-4H3. The van der Waals surface area contributed by atoms with Crippen LogP contribution >= 0.6 is 0 Å². The number of carbonyl (C=O) groups excluding carboxylic acids is 2. The molecule has 0 aliphatic carbocycles. The van der Waals surface area contributed by atoms with Gasteiger partial charge in [0.05, 0.1) is 25.0 Å². The zero-order valence-electron chi connectivity index (χ0n) is 13.1. The van der Waals surface area contributed by atoms with E-state index in [4.69, 9.17) is 9.47 Å². The summed E-state index contributed by atoms with van der Waals surface area (Å²) >= 11 is 0. The van der Waals surface area contributed by atoms with Crippen molar-refractivity contribution in [3.05, 3.63) is 34.6 Å². The lowest BCUT2D eigenvalue weighted by Gasteiger charge is -2.13. The molecule has 0 unspecified atom stereocenters. The third kappa shape index (κ3) is 2.77. The molecule has 6 nitrogen and oxygen atoms in total. The summed E-state index contributed by atoms with van der Waals surface area (Å²) in [6.45, 7) is 7.65. The Balaban J connectivity index is 2.68. The minimum Gasteiger partial charge on any atom is -0.462 e. The maximum Gasteiger partial charge on any atom is 0.359 e. The number of fused-ring (bicyclic) bond motifs is 1. The SMILES string of the molecule is CCOC(=O)c1c(C)cc2c(C(=O)OCC)nncc2c1C. The highest BCUT2D eigenvalue weighted by Crippen LogP contribution is 2.27. The van der Waals surface area contributed by atoms with Crippen LogP contribution in [0, 0.1) is 13.8 Å². The first kappa shape index (κ1) is 15.9. The van der Waals surface area contributed by atoms with Crippen molar-refractivity contribution in [1.29, 1.82) is 0 Å². The van der Waals surface area contributed by atoms with Crippen LogP contribution in [0.2, 0.25) is 0 Å². The molecule has 0 amide bonds. The van der Waals surface area contributed by atoms with Gasteiger partial charge in [-0.05, 0) is 44.9 Å². The van der Waals surface area contributed by atoms with E-state index >= 15 is 0 Å². The van der Waals surface area contributed by atoms with Gasteiger partial charge in [-0.3, -0.25) is 0 Å².